The van der Waals surface area contributed by atoms with Crippen LogP contribution in [0.25, 0.3) is 22.6 Å². The van der Waals surface area contributed by atoms with E-state index < -0.39 is 0 Å². The Balaban J connectivity index is 1.43. The van der Waals surface area contributed by atoms with Gasteiger partial charge in [-0.25, -0.2) is 9.97 Å². The number of carbonyl (C=O) groups excluding carboxylic acids is 1. The van der Waals surface area contributed by atoms with E-state index in [1.807, 2.05) is 37.3 Å². The maximum Gasteiger partial charge on any atom is 0.220 e. The molecule has 0 bridgehead atoms. The maximum absolute atomic E-state index is 12.1. The molecule has 0 spiro atoms. The van der Waals surface area contributed by atoms with Gasteiger partial charge in [0.25, 0.3) is 0 Å². The summed E-state index contributed by atoms with van der Waals surface area (Å²) >= 11 is 0. The molecule has 1 amide bonds. The summed E-state index contributed by atoms with van der Waals surface area (Å²) in [6, 6.07) is 9.92. The summed E-state index contributed by atoms with van der Waals surface area (Å²) in [7, 11) is 0. The van der Waals surface area contributed by atoms with Gasteiger partial charge in [0.15, 0.2) is 5.76 Å². The number of aromatic nitrogens is 3. The van der Waals surface area contributed by atoms with Crippen molar-refractivity contribution >= 4 is 5.91 Å². The minimum absolute atomic E-state index is 0.148. The highest BCUT2D eigenvalue weighted by Crippen LogP contribution is 2.30. The van der Waals surface area contributed by atoms with E-state index in [-0.39, 0.29) is 5.91 Å². The standard InChI is InChI=1S/C22H24N4O2/c1-15-10-20(28-26-15)19-13-23-14-25-22(19)18-8-6-17(7-9-18)12-24-21(27)11-16-4-2-3-5-16/h6-10,13-14,16H,2-5,11-12H2,1H3,(H,24,27). The third-order valence-electron chi connectivity index (χ3n) is 5.27. The fraction of sp³-hybridized carbons (Fsp3) is 0.364. The van der Waals surface area contributed by atoms with Crippen molar-refractivity contribution in [3.05, 3.63) is 54.1 Å². The van der Waals surface area contributed by atoms with Gasteiger partial charge in [-0.2, -0.15) is 0 Å². The van der Waals surface area contributed by atoms with Crippen LogP contribution in [0.15, 0.2) is 47.4 Å². The number of nitrogens with one attached hydrogen (secondary N) is 1. The van der Waals surface area contributed by atoms with Gasteiger partial charge >= 0.3 is 0 Å². The Bertz CT molecular complexity index is 943. The first kappa shape index (κ1) is 18.3. The summed E-state index contributed by atoms with van der Waals surface area (Å²) in [5.74, 6) is 1.37. The molecule has 0 radical (unpaired) electrons. The van der Waals surface area contributed by atoms with Gasteiger partial charge < -0.3 is 9.84 Å². The van der Waals surface area contributed by atoms with Crippen LogP contribution in [0.3, 0.4) is 0 Å². The lowest BCUT2D eigenvalue weighted by atomic mass is 10.0. The van der Waals surface area contributed by atoms with Crippen LogP contribution in [0.1, 0.15) is 43.4 Å². The second-order valence-electron chi connectivity index (χ2n) is 7.45. The van der Waals surface area contributed by atoms with Crippen LogP contribution in [-0.2, 0) is 11.3 Å². The number of amides is 1. The minimum atomic E-state index is 0.148. The van der Waals surface area contributed by atoms with Gasteiger partial charge in [-0.05, 0) is 31.2 Å². The number of aryl methyl sites for hydroxylation is 1. The molecule has 0 atom stereocenters. The molecule has 1 aliphatic carbocycles. The van der Waals surface area contributed by atoms with E-state index in [9.17, 15) is 4.79 Å². The van der Waals surface area contributed by atoms with E-state index in [1.165, 1.54) is 32.0 Å². The average Bonchev–Trinajstić information content (AvgIpc) is 3.38. The molecule has 2 heterocycles. The molecule has 0 unspecified atom stereocenters. The molecule has 1 aliphatic rings. The smallest absolute Gasteiger partial charge is 0.220 e. The summed E-state index contributed by atoms with van der Waals surface area (Å²) in [5.41, 5.74) is 4.44. The number of nitrogens with zero attached hydrogens (tertiary/aromatic N) is 3. The van der Waals surface area contributed by atoms with E-state index in [0.717, 1.165) is 28.1 Å². The van der Waals surface area contributed by atoms with E-state index in [2.05, 4.69) is 20.4 Å². The molecule has 1 saturated carbocycles. The van der Waals surface area contributed by atoms with Crippen molar-refractivity contribution in [3.8, 4) is 22.6 Å². The normalized spacial score (nSPS) is 14.3. The molecule has 6 heteroatoms. The zero-order chi connectivity index (χ0) is 19.3. The highest BCUT2D eigenvalue weighted by Gasteiger charge is 2.18. The highest BCUT2D eigenvalue weighted by atomic mass is 16.5. The molecule has 1 fully saturated rings. The molecular weight excluding hydrogens is 352 g/mol. The zero-order valence-corrected chi connectivity index (χ0v) is 16.0. The molecule has 28 heavy (non-hydrogen) atoms. The number of benzene rings is 1. The van der Waals surface area contributed by atoms with E-state index in [4.69, 9.17) is 4.52 Å². The lowest BCUT2D eigenvalue weighted by Gasteiger charge is -2.10. The minimum Gasteiger partial charge on any atom is -0.356 e. The first-order valence-corrected chi connectivity index (χ1v) is 9.79. The van der Waals surface area contributed by atoms with Crippen molar-refractivity contribution in [2.24, 2.45) is 5.92 Å². The average molecular weight is 376 g/mol. The molecule has 144 valence electrons. The third-order valence-corrected chi connectivity index (χ3v) is 5.27. The summed E-state index contributed by atoms with van der Waals surface area (Å²) in [6.45, 7) is 2.43. The van der Waals surface area contributed by atoms with Crippen molar-refractivity contribution in [1.82, 2.24) is 20.4 Å². The summed E-state index contributed by atoms with van der Waals surface area (Å²) in [4.78, 5) is 20.7. The molecular formula is C22H24N4O2. The Hall–Kier alpha value is -3.02. The van der Waals surface area contributed by atoms with E-state index in [0.29, 0.717) is 24.6 Å². The van der Waals surface area contributed by atoms with Crippen LogP contribution in [0, 0.1) is 12.8 Å². The van der Waals surface area contributed by atoms with Gasteiger partial charge in [-0.3, -0.25) is 4.79 Å². The van der Waals surface area contributed by atoms with Gasteiger partial charge in [0.2, 0.25) is 5.91 Å². The SMILES string of the molecule is Cc1cc(-c2cncnc2-c2ccc(CNC(=O)CC3CCCC3)cc2)on1. The van der Waals surface area contributed by atoms with Gasteiger partial charge in [0, 0.05) is 30.8 Å². The summed E-state index contributed by atoms with van der Waals surface area (Å²) in [5, 5.41) is 6.99. The first-order chi connectivity index (χ1) is 13.7. The molecule has 3 aromatic rings. The van der Waals surface area contributed by atoms with Crippen LogP contribution >= 0.6 is 0 Å². The fourth-order valence-electron chi connectivity index (χ4n) is 3.76. The van der Waals surface area contributed by atoms with Crippen LogP contribution in [-0.4, -0.2) is 21.0 Å². The van der Waals surface area contributed by atoms with Crippen LogP contribution in [0.2, 0.25) is 0 Å². The van der Waals surface area contributed by atoms with Crippen LogP contribution < -0.4 is 5.32 Å². The number of hydrogen-bond donors (Lipinski definition) is 1. The summed E-state index contributed by atoms with van der Waals surface area (Å²) in [6.07, 6.45) is 8.82. The Morgan fingerprint density at radius 2 is 2.00 bits per heavy atom. The molecule has 2 aromatic heterocycles. The van der Waals surface area contributed by atoms with E-state index in [1.54, 1.807) is 6.20 Å². The largest absolute Gasteiger partial charge is 0.356 e. The monoisotopic (exact) mass is 376 g/mol. The predicted molar refractivity (Wildman–Crippen MR) is 106 cm³/mol. The predicted octanol–water partition coefficient (Wildman–Crippen LogP) is 4.30. The van der Waals surface area contributed by atoms with E-state index >= 15 is 0 Å². The second-order valence-corrected chi connectivity index (χ2v) is 7.45. The Kier molecular flexibility index (Phi) is 5.46. The summed E-state index contributed by atoms with van der Waals surface area (Å²) < 4.78 is 5.38. The van der Waals surface area contributed by atoms with Crippen LogP contribution in [0.4, 0.5) is 0 Å². The fourth-order valence-corrected chi connectivity index (χ4v) is 3.76. The Labute approximate surface area is 164 Å². The number of hydrogen-bond acceptors (Lipinski definition) is 5. The second kappa shape index (κ2) is 8.33. The van der Waals surface area contributed by atoms with Crippen LogP contribution in [0.5, 0.6) is 0 Å². The van der Waals surface area contributed by atoms with Gasteiger partial charge in [0.1, 0.15) is 6.33 Å². The lowest BCUT2D eigenvalue weighted by molar-refractivity contribution is -0.122. The zero-order valence-electron chi connectivity index (χ0n) is 16.0. The van der Waals surface area contributed by atoms with Crippen molar-refractivity contribution in [2.75, 3.05) is 0 Å². The quantitative estimate of drug-likeness (QED) is 0.693. The highest BCUT2D eigenvalue weighted by molar-refractivity contribution is 5.78. The van der Waals surface area contributed by atoms with Crippen molar-refractivity contribution in [2.45, 2.75) is 45.6 Å². The number of rotatable bonds is 6. The van der Waals surface area contributed by atoms with Gasteiger partial charge in [0.05, 0.1) is 17.0 Å². The maximum atomic E-state index is 12.1. The lowest BCUT2D eigenvalue weighted by Crippen LogP contribution is -2.24. The first-order valence-electron chi connectivity index (χ1n) is 9.79. The van der Waals surface area contributed by atoms with Crippen molar-refractivity contribution < 1.29 is 9.32 Å². The molecule has 0 aliphatic heterocycles. The van der Waals surface area contributed by atoms with Gasteiger partial charge in [-0.15, -0.1) is 0 Å². The Morgan fingerprint density at radius 3 is 2.71 bits per heavy atom. The number of carbonyl (C=O) groups is 1. The molecule has 4 rings (SSSR count). The van der Waals surface area contributed by atoms with Crippen molar-refractivity contribution in [1.29, 1.82) is 0 Å². The van der Waals surface area contributed by atoms with Gasteiger partial charge in [-0.1, -0.05) is 42.3 Å². The molecule has 6 nitrogen and oxygen atoms in total. The molecule has 0 saturated heterocycles. The molecule has 1 aromatic carbocycles. The third kappa shape index (κ3) is 4.27. The Morgan fingerprint density at radius 1 is 1.21 bits per heavy atom. The topological polar surface area (TPSA) is 80.9 Å². The molecule has 1 N–H and O–H groups in total. The van der Waals surface area contributed by atoms with Crippen molar-refractivity contribution in [3.63, 3.8) is 0 Å².